The second-order valence-corrected chi connectivity index (χ2v) is 6.87. The van der Waals surface area contributed by atoms with E-state index in [-0.39, 0.29) is 12.3 Å². The van der Waals surface area contributed by atoms with E-state index in [1.165, 1.54) is 18.2 Å². The van der Waals surface area contributed by atoms with Crippen LogP contribution in [0.15, 0.2) is 48.5 Å². The summed E-state index contributed by atoms with van der Waals surface area (Å²) >= 11 is 0. The van der Waals surface area contributed by atoms with E-state index in [2.05, 4.69) is 15.4 Å². The van der Waals surface area contributed by atoms with E-state index in [4.69, 9.17) is 4.74 Å². The van der Waals surface area contributed by atoms with Crippen LogP contribution in [0.25, 0.3) is 0 Å². The Morgan fingerprint density at radius 1 is 1.04 bits per heavy atom. The van der Waals surface area contributed by atoms with Crippen molar-refractivity contribution in [2.45, 2.75) is 39.5 Å². The zero-order chi connectivity index (χ0) is 20.7. The molecular formula is C20H22F2N2O4. The molecule has 28 heavy (non-hydrogen) atoms. The highest BCUT2D eigenvalue weighted by atomic mass is 19.3. The van der Waals surface area contributed by atoms with E-state index < -0.39 is 24.2 Å². The first-order valence-electron chi connectivity index (χ1n) is 8.55. The molecule has 0 saturated carbocycles. The summed E-state index contributed by atoms with van der Waals surface area (Å²) in [6.45, 7) is 2.35. The quantitative estimate of drug-likeness (QED) is 0.755. The monoisotopic (exact) mass is 392 g/mol. The highest BCUT2D eigenvalue weighted by molar-refractivity contribution is 5.95. The number of nitrogens with one attached hydrogen (secondary N) is 2. The van der Waals surface area contributed by atoms with E-state index in [0.717, 1.165) is 0 Å². The number of alkyl halides is 2. The van der Waals surface area contributed by atoms with E-state index in [1.54, 1.807) is 51.1 Å². The average Bonchev–Trinajstić information content (AvgIpc) is 2.59. The van der Waals surface area contributed by atoms with Gasteiger partial charge in [0, 0.05) is 23.4 Å². The van der Waals surface area contributed by atoms with Crippen molar-refractivity contribution in [1.82, 2.24) is 5.32 Å². The second-order valence-electron chi connectivity index (χ2n) is 6.87. The number of rotatable bonds is 6. The van der Waals surface area contributed by atoms with Crippen molar-refractivity contribution in [3.63, 3.8) is 0 Å². The van der Waals surface area contributed by atoms with Gasteiger partial charge in [0.1, 0.15) is 11.4 Å². The van der Waals surface area contributed by atoms with E-state index in [1.807, 2.05) is 0 Å². The maximum absolute atomic E-state index is 12.4. The maximum Gasteiger partial charge on any atom is 0.412 e. The molecule has 0 unspecified atom stereocenters. The topological polar surface area (TPSA) is 76.7 Å². The van der Waals surface area contributed by atoms with Gasteiger partial charge >= 0.3 is 12.7 Å². The van der Waals surface area contributed by atoms with Crippen LogP contribution in [0.5, 0.6) is 5.75 Å². The molecule has 0 aromatic heterocycles. The zero-order valence-electron chi connectivity index (χ0n) is 15.8. The molecule has 6 nitrogen and oxygen atoms in total. The Kier molecular flexibility index (Phi) is 6.92. The summed E-state index contributed by atoms with van der Waals surface area (Å²) < 4.78 is 34.5. The summed E-state index contributed by atoms with van der Waals surface area (Å²) in [5.41, 5.74) is 0.636. The minimum atomic E-state index is -2.94. The lowest BCUT2D eigenvalue weighted by atomic mass is 10.1. The maximum atomic E-state index is 12.4. The van der Waals surface area contributed by atoms with Gasteiger partial charge in [0.05, 0.1) is 0 Å². The molecule has 8 heteroatoms. The van der Waals surface area contributed by atoms with Crippen molar-refractivity contribution in [3.05, 3.63) is 59.7 Å². The normalized spacial score (nSPS) is 11.1. The minimum Gasteiger partial charge on any atom is -0.444 e. The number of amides is 2. The van der Waals surface area contributed by atoms with Crippen molar-refractivity contribution in [1.29, 1.82) is 0 Å². The third-order valence-corrected chi connectivity index (χ3v) is 3.42. The Morgan fingerprint density at radius 2 is 1.68 bits per heavy atom. The van der Waals surface area contributed by atoms with Crippen LogP contribution < -0.4 is 15.4 Å². The third kappa shape index (κ3) is 6.86. The van der Waals surface area contributed by atoms with Gasteiger partial charge in [0.15, 0.2) is 0 Å². The molecule has 0 heterocycles. The predicted octanol–water partition coefficient (Wildman–Crippen LogP) is 4.57. The number of carbonyl (C=O) groups is 2. The molecule has 0 spiro atoms. The zero-order valence-corrected chi connectivity index (χ0v) is 15.8. The first-order valence-corrected chi connectivity index (χ1v) is 8.55. The lowest BCUT2D eigenvalue weighted by Crippen LogP contribution is -2.27. The van der Waals surface area contributed by atoms with Crippen LogP contribution in [0.3, 0.4) is 0 Å². The molecule has 0 saturated heterocycles. The van der Waals surface area contributed by atoms with Crippen LogP contribution in [0.1, 0.15) is 36.7 Å². The molecule has 0 bridgehead atoms. The fourth-order valence-corrected chi connectivity index (χ4v) is 2.26. The summed E-state index contributed by atoms with van der Waals surface area (Å²) in [5.74, 6) is -0.384. The van der Waals surface area contributed by atoms with Crippen LogP contribution in [-0.4, -0.2) is 24.2 Å². The minimum absolute atomic E-state index is 0.00899. The Morgan fingerprint density at radius 3 is 2.29 bits per heavy atom. The van der Waals surface area contributed by atoms with E-state index in [9.17, 15) is 18.4 Å². The second kappa shape index (κ2) is 9.16. The molecule has 150 valence electrons. The molecule has 2 aromatic carbocycles. The predicted molar refractivity (Wildman–Crippen MR) is 101 cm³/mol. The average molecular weight is 392 g/mol. The van der Waals surface area contributed by atoms with Gasteiger partial charge in [-0.2, -0.15) is 8.78 Å². The van der Waals surface area contributed by atoms with Gasteiger partial charge < -0.3 is 14.8 Å². The summed E-state index contributed by atoms with van der Waals surface area (Å²) in [6.07, 6.45) is -0.597. The van der Waals surface area contributed by atoms with Gasteiger partial charge in [0.2, 0.25) is 0 Å². The number of anilines is 1. The summed E-state index contributed by atoms with van der Waals surface area (Å²) in [6, 6.07) is 12.4. The van der Waals surface area contributed by atoms with Crippen molar-refractivity contribution < 1.29 is 27.8 Å². The highest BCUT2D eigenvalue weighted by Crippen LogP contribution is 2.20. The number of hydrogen-bond acceptors (Lipinski definition) is 4. The number of benzene rings is 2. The summed E-state index contributed by atoms with van der Waals surface area (Å²) in [5, 5.41) is 5.21. The fraction of sp³-hybridized carbons (Fsp3) is 0.300. The number of carbonyl (C=O) groups excluding carboxylic acids is 2. The molecule has 0 aliphatic carbocycles. The summed E-state index contributed by atoms with van der Waals surface area (Å²) in [4.78, 5) is 24.0. The standard InChI is InChI=1S/C20H22F2N2O4/c1-20(2,3)28-19(26)24-15-10-8-13(9-11-15)17(25)23-12-14-6-4-5-7-16(14)27-18(21)22/h4-11,18H,12H2,1-3H3,(H,23,25)(H,24,26). The number of halogens is 2. The Labute approximate surface area is 161 Å². The molecule has 0 radical (unpaired) electrons. The smallest absolute Gasteiger partial charge is 0.412 e. The first-order chi connectivity index (χ1) is 13.1. The van der Waals surface area contributed by atoms with Gasteiger partial charge in [-0.1, -0.05) is 18.2 Å². The largest absolute Gasteiger partial charge is 0.444 e. The Hall–Kier alpha value is -3.16. The third-order valence-electron chi connectivity index (χ3n) is 3.42. The van der Waals surface area contributed by atoms with E-state index in [0.29, 0.717) is 16.8 Å². The summed E-state index contributed by atoms with van der Waals surface area (Å²) in [7, 11) is 0. The fourth-order valence-electron chi connectivity index (χ4n) is 2.26. The molecule has 2 aromatic rings. The van der Waals surface area contributed by atoms with Crippen molar-refractivity contribution in [2.24, 2.45) is 0 Å². The number of ether oxygens (including phenoxy) is 2. The Bertz CT molecular complexity index is 818. The van der Waals surface area contributed by atoms with Crippen LogP contribution in [0.2, 0.25) is 0 Å². The van der Waals surface area contributed by atoms with Crippen molar-refractivity contribution in [2.75, 3.05) is 5.32 Å². The number of hydrogen-bond donors (Lipinski definition) is 2. The molecule has 2 rings (SSSR count). The molecule has 0 aliphatic rings. The number of para-hydroxylation sites is 1. The molecule has 2 N–H and O–H groups in total. The van der Waals surface area contributed by atoms with Gasteiger partial charge in [-0.15, -0.1) is 0 Å². The van der Waals surface area contributed by atoms with Gasteiger partial charge in [-0.3, -0.25) is 10.1 Å². The van der Waals surface area contributed by atoms with Crippen molar-refractivity contribution >= 4 is 17.7 Å². The van der Waals surface area contributed by atoms with Gasteiger partial charge in [-0.25, -0.2) is 4.79 Å². The van der Waals surface area contributed by atoms with Crippen LogP contribution in [0, 0.1) is 0 Å². The molecule has 0 aliphatic heterocycles. The lowest BCUT2D eigenvalue weighted by Gasteiger charge is -2.19. The van der Waals surface area contributed by atoms with Crippen LogP contribution in [-0.2, 0) is 11.3 Å². The SMILES string of the molecule is CC(C)(C)OC(=O)Nc1ccc(C(=O)NCc2ccccc2OC(F)F)cc1. The molecular weight excluding hydrogens is 370 g/mol. The van der Waals surface area contributed by atoms with Crippen LogP contribution in [0.4, 0.5) is 19.3 Å². The lowest BCUT2D eigenvalue weighted by molar-refractivity contribution is -0.0504. The Balaban J connectivity index is 1.94. The molecule has 2 amide bonds. The van der Waals surface area contributed by atoms with E-state index >= 15 is 0 Å². The van der Waals surface area contributed by atoms with Crippen LogP contribution >= 0.6 is 0 Å². The van der Waals surface area contributed by atoms with Crippen molar-refractivity contribution in [3.8, 4) is 5.75 Å². The highest BCUT2D eigenvalue weighted by Gasteiger charge is 2.16. The molecule has 0 atom stereocenters. The molecule has 0 fully saturated rings. The van der Waals surface area contributed by atoms with Gasteiger partial charge in [-0.05, 0) is 51.1 Å². The first kappa shape index (κ1) is 21.1. The van der Waals surface area contributed by atoms with Gasteiger partial charge in [0.25, 0.3) is 5.91 Å².